The number of nitrogens with zero attached hydrogens (tertiary/aromatic N) is 3. The Hall–Kier alpha value is -3.37. The summed E-state index contributed by atoms with van der Waals surface area (Å²) >= 11 is 0. The van der Waals surface area contributed by atoms with E-state index >= 15 is 0 Å². The maximum absolute atomic E-state index is 13.0. The lowest BCUT2D eigenvalue weighted by Crippen LogP contribution is -2.16. The summed E-state index contributed by atoms with van der Waals surface area (Å²) < 4.78 is 77.6. The quantitative estimate of drug-likeness (QED) is 0.634. The highest BCUT2D eigenvalue weighted by Gasteiger charge is 2.41. The smallest absolute Gasteiger partial charge is 0.321 e. The fourth-order valence-corrected chi connectivity index (χ4v) is 2.48. The first kappa shape index (κ1) is 20.4. The minimum atomic E-state index is -5.00. The number of hydrogen-bond donors (Lipinski definition) is 1. The van der Waals surface area contributed by atoms with Crippen LogP contribution in [0, 0.1) is 0 Å². The minimum Gasteiger partial charge on any atom is -0.321 e. The third-order valence-electron chi connectivity index (χ3n) is 3.83. The molecule has 0 aliphatic heterocycles. The summed E-state index contributed by atoms with van der Waals surface area (Å²) in [5.74, 6) is -0.473. The van der Waals surface area contributed by atoms with Gasteiger partial charge in [-0.15, -0.1) is 0 Å². The molecule has 2 heterocycles. The van der Waals surface area contributed by atoms with Gasteiger partial charge in [0.2, 0.25) is 0 Å². The Labute approximate surface area is 160 Å². The Balaban J connectivity index is 1.79. The molecule has 3 rings (SSSR count). The van der Waals surface area contributed by atoms with E-state index in [0.717, 1.165) is 0 Å². The van der Waals surface area contributed by atoms with Gasteiger partial charge in [-0.05, 0) is 29.8 Å². The molecule has 0 atom stereocenters. The van der Waals surface area contributed by atoms with Gasteiger partial charge >= 0.3 is 12.4 Å². The number of amides is 1. The third-order valence-corrected chi connectivity index (χ3v) is 3.83. The highest BCUT2D eigenvalue weighted by Crippen LogP contribution is 2.35. The van der Waals surface area contributed by atoms with Gasteiger partial charge in [-0.2, -0.15) is 31.4 Å². The van der Waals surface area contributed by atoms with Crippen molar-refractivity contribution in [2.45, 2.75) is 18.9 Å². The fraction of sp³-hybridized carbons (Fsp3) is 0.167. The predicted octanol–water partition coefficient (Wildman–Crippen LogP) is 4.62. The van der Waals surface area contributed by atoms with Crippen molar-refractivity contribution in [1.29, 1.82) is 0 Å². The molecule has 0 aliphatic carbocycles. The molecule has 0 bridgehead atoms. The number of halogens is 6. The van der Waals surface area contributed by atoms with Gasteiger partial charge in [0, 0.05) is 17.8 Å². The number of rotatable bonds is 4. The lowest BCUT2D eigenvalue weighted by atomic mass is 10.1. The van der Waals surface area contributed by atoms with Gasteiger partial charge in [-0.3, -0.25) is 14.5 Å². The second-order valence-electron chi connectivity index (χ2n) is 5.96. The fourth-order valence-electron chi connectivity index (χ4n) is 2.48. The van der Waals surface area contributed by atoms with Crippen LogP contribution in [0.5, 0.6) is 0 Å². The van der Waals surface area contributed by atoms with E-state index in [4.69, 9.17) is 0 Å². The van der Waals surface area contributed by atoms with E-state index in [9.17, 15) is 31.1 Å². The molecular formula is C18H12F6N4O. The molecule has 5 nitrogen and oxygen atoms in total. The van der Waals surface area contributed by atoms with Crippen LogP contribution < -0.4 is 5.32 Å². The van der Waals surface area contributed by atoms with Gasteiger partial charge in [0.25, 0.3) is 5.91 Å². The van der Waals surface area contributed by atoms with Crippen LogP contribution in [-0.4, -0.2) is 20.7 Å². The van der Waals surface area contributed by atoms with Crippen LogP contribution in [0.15, 0.2) is 54.9 Å². The van der Waals surface area contributed by atoms with Crippen molar-refractivity contribution in [3.8, 4) is 0 Å². The first-order chi connectivity index (χ1) is 13.5. The van der Waals surface area contributed by atoms with E-state index in [2.05, 4.69) is 15.4 Å². The third kappa shape index (κ3) is 4.92. The Morgan fingerprint density at radius 2 is 1.69 bits per heavy atom. The van der Waals surface area contributed by atoms with E-state index in [-0.39, 0.29) is 21.9 Å². The van der Waals surface area contributed by atoms with Crippen LogP contribution in [0.25, 0.3) is 0 Å². The number of aromatic nitrogens is 3. The van der Waals surface area contributed by atoms with E-state index in [1.807, 2.05) is 0 Å². The monoisotopic (exact) mass is 414 g/mol. The number of carbonyl (C=O) groups is 1. The van der Waals surface area contributed by atoms with Crippen molar-refractivity contribution in [2.75, 3.05) is 5.32 Å². The zero-order valence-corrected chi connectivity index (χ0v) is 14.4. The molecule has 1 aromatic carbocycles. The molecule has 0 unspecified atom stereocenters. The summed E-state index contributed by atoms with van der Waals surface area (Å²) in [4.78, 5) is 16.0. The molecule has 29 heavy (non-hydrogen) atoms. The Kier molecular flexibility index (Phi) is 5.31. The topological polar surface area (TPSA) is 59.8 Å². The minimum absolute atomic E-state index is 0.0320. The van der Waals surface area contributed by atoms with Gasteiger partial charge in [0.15, 0.2) is 5.69 Å². The maximum atomic E-state index is 13.0. The molecule has 152 valence electrons. The van der Waals surface area contributed by atoms with Gasteiger partial charge < -0.3 is 5.32 Å². The summed E-state index contributed by atoms with van der Waals surface area (Å²) in [5, 5.41) is 5.63. The maximum Gasteiger partial charge on any atom is 0.435 e. The predicted molar refractivity (Wildman–Crippen MR) is 90.0 cm³/mol. The van der Waals surface area contributed by atoms with Crippen LogP contribution >= 0.6 is 0 Å². The molecule has 0 fully saturated rings. The van der Waals surface area contributed by atoms with Crippen LogP contribution in [-0.2, 0) is 18.9 Å². The molecule has 2 aromatic heterocycles. The number of anilines is 1. The van der Waals surface area contributed by atoms with E-state index < -0.39 is 36.2 Å². The first-order valence-electron chi connectivity index (χ1n) is 8.06. The van der Waals surface area contributed by atoms with Gasteiger partial charge in [-0.1, -0.05) is 12.1 Å². The van der Waals surface area contributed by atoms with Crippen molar-refractivity contribution in [2.24, 2.45) is 0 Å². The molecule has 3 aromatic rings. The van der Waals surface area contributed by atoms with Crippen molar-refractivity contribution in [3.05, 3.63) is 77.4 Å². The molecule has 11 heteroatoms. The highest BCUT2D eigenvalue weighted by atomic mass is 19.4. The van der Waals surface area contributed by atoms with Crippen LogP contribution in [0.2, 0.25) is 0 Å². The summed E-state index contributed by atoms with van der Waals surface area (Å²) in [5.41, 5.74) is -2.23. The second kappa shape index (κ2) is 7.57. The van der Waals surface area contributed by atoms with Crippen LogP contribution in [0.1, 0.15) is 27.3 Å². The average molecular weight is 414 g/mol. The van der Waals surface area contributed by atoms with Gasteiger partial charge in [0.05, 0.1) is 18.4 Å². The zero-order valence-electron chi connectivity index (χ0n) is 14.4. The van der Waals surface area contributed by atoms with Crippen LogP contribution in [0.4, 0.5) is 32.0 Å². The van der Waals surface area contributed by atoms with Crippen LogP contribution in [0.3, 0.4) is 0 Å². The zero-order chi connectivity index (χ0) is 21.2. The number of nitrogens with one attached hydrogen (secondary N) is 1. The van der Waals surface area contributed by atoms with E-state index in [1.54, 1.807) is 12.1 Å². The first-order valence-corrected chi connectivity index (χ1v) is 8.06. The number of benzene rings is 1. The molecule has 0 saturated carbocycles. The normalized spacial score (nSPS) is 12.1. The second-order valence-corrected chi connectivity index (χ2v) is 5.96. The molecule has 0 saturated heterocycles. The Morgan fingerprint density at radius 1 is 1.00 bits per heavy atom. The van der Waals surface area contributed by atoms with Crippen molar-refractivity contribution < 1.29 is 31.1 Å². The number of alkyl halides is 6. The lowest BCUT2D eigenvalue weighted by Gasteiger charge is -2.11. The van der Waals surface area contributed by atoms with Gasteiger partial charge in [0.1, 0.15) is 5.69 Å². The SMILES string of the molecule is O=C(Nc1cccnc1)c1ccc(Cn2nc(C(F)(F)F)cc2C(F)(F)F)cc1. The van der Waals surface area contributed by atoms with E-state index in [1.165, 1.54) is 36.7 Å². The largest absolute Gasteiger partial charge is 0.435 e. The molecule has 0 spiro atoms. The molecule has 1 N–H and O–H groups in total. The van der Waals surface area contributed by atoms with Crippen molar-refractivity contribution in [1.82, 2.24) is 14.8 Å². The summed E-state index contributed by atoms with van der Waals surface area (Å²) in [6.07, 6.45) is -7.04. The molecule has 1 amide bonds. The average Bonchev–Trinajstić information content (AvgIpc) is 3.08. The number of hydrogen-bond acceptors (Lipinski definition) is 3. The highest BCUT2D eigenvalue weighted by molar-refractivity contribution is 6.04. The number of carbonyl (C=O) groups excluding carboxylic acids is 1. The molecule has 0 radical (unpaired) electrons. The Bertz CT molecular complexity index is 994. The van der Waals surface area contributed by atoms with Crippen molar-refractivity contribution >= 4 is 11.6 Å². The van der Waals surface area contributed by atoms with E-state index in [0.29, 0.717) is 5.69 Å². The summed E-state index contributed by atoms with van der Waals surface area (Å²) in [6.45, 7) is -0.546. The standard InChI is InChI=1S/C18H12F6N4O/c19-17(20,21)14-8-15(18(22,23)24)28(27-14)10-11-3-5-12(6-4-11)16(29)26-13-2-1-7-25-9-13/h1-9H,10H2,(H,26,29). The number of pyridine rings is 1. The lowest BCUT2D eigenvalue weighted by molar-refractivity contribution is -0.144. The van der Waals surface area contributed by atoms with Gasteiger partial charge in [-0.25, -0.2) is 0 Å². The Morgan fingerprint density at radius 3 is 2.24 bits per heavy atom. The summed E-state index contributed by atoms with van der Waals surface area (Å²) in [6, 6.07) is 8.59. The summed E-state index contributed by atoms with van der Waals surface area (Å²) in [7, 11) is 0. The molecule has 0 aliphatic rings. The van der Waals surface area contributed by atoms with Crippen molar-refractivity contribution in [3.63, 3.8) is 0 Å². The molecular weight excluding hydrogens is 402 g/mol.